The molecule has 4 atom stereocenters. The summed E-state index contributed by atoms with van der Waals surface area (Å²) in [5, 5.41) is 4.08. The van der Waals surface area contributed by atoms with Gasteiger partial charge in [-0.2, -0.15) is 0 Å². The smallest absolute Gasteiger partial charge is 0.160 e. The molecule has 0 aromatic heterocycles. The van der Waals surface area contributed by atoms with Crippen molar-refractivity contribution in [2.45, 2.75) is 77.0 Å². The second-order valence-corrected chi connectivity index (χ2v) is 19.1. The van der Waals surface area contributed by atoms with Crippen LogP contribution in [0.15, 0.2) is 72.8 Å². The number of methoxy groups -OCH3 is 8. The highest BCUT2D eigenvalue weighted by molar-refractivity contribution is 9.09. The van der Waals surface area contributed by atoms with Gasteiger partial charge in [-0.15, -0.1) is 0 Å². The van der Waals surface area contributed by atoms with E-state index in [0.29, 0.717) is 23.7 Å². The van der Waals surface area contributed by atoms with Crippen LogP contribution in [0.25, 0.3) is 0 Å². The molecule has 0 heterocycles. The third-order valence-corrected chi connectivity index (χ3v) is 14.0. The van der Waals surface area contributed by atoms with E-state index < -0.39 is 0 Å². The SMILES string of the molecule is COc1ccc(C[C@@H](CCBr)[C@H](CCCCBr)Cc2ccc(OC)c(OC)c2)cc1OC.COc1ccc(C[C@H](CCBr)[C@@H](CCCCBr)Cc2ccc(OC)c(OC)c2)cc1OC. The van der Waals surface area contributed by atoms with Gasteiger partial charge >= 0.3 is 0 Å². The van der Waals surface area contributed by atoms with Crippen molar-refractivity contribution in [2.24, 2.45) is 23.7 Å². The fourth-order valence-corrected chi connectivity index (χ4v) is 10.5. The predicted molar refractivity (Wildman–Crippen MR) is 279 cm³/mol. The predicted octanol–water partition coefficient (Wildman–Crippen LogP) is 14.2. The van der Waals surface area contributed by atoms with E-state index in [1.54, 1.807) is 56.9 Å². The maximum absolute atomic E-state index is 5.54. The lowest BCUT2D eigenvalue weighted by atomic mass is 9.78. The van der Waals surface area contributed by atoms with Crippen LogP contribution in [0.4, 0.5) is 0 Å². The zero-order valence-corrected chi connectivity index (χ0v) is 45.7. The third kappa shape index (κ3) is 18.1. The molecular formula is C52H72Br4O8. The van der Waals surface area contributed by atoms with E-state index in [0.717, 1.165) is 106 Å². The quantitative estimate of drug-likeness (QED) is 0.0378. The maximum atomic E-state index is 5.54. The molecule has 0 saturated carbocycles. The first-order valence-electron chi connectivity index (χ1n) is 22.3. The van der Waals surface area contributed by atoms with E-state index in [9.17, 15) is 0 Å². The Labute approximate surface area is 418 Å². The Bertz CT molecular complexity index is 1760. The van der Waals surface area contributed by atoms with Crippen LogP contribution in [0.3, 0.4) is 0 Å². The number of ether oxygens (including phenoxy) is 8. The van der Waals surface area contributed by atoms with Gasteiger partial charge in [0.2, 0.25) is 0 Å². The van der Waals surface area contributed by atoms with Gasteiger partial charge in [-0.25, -0.2) is 0 Å². The first kappa shape index (κ1) is 55.5. The van der Waals surface area contributed by atoms with E-state index >= 15 is 0 Å². The lowest BCUT2D eigenvalue weighted by Crippen LogP contribution is -2.21. The Morgan fingerprint density at radius 1 is 0.297 bits per heavy atom. The number of hydrogen-bond donors (Lipinski definition) is 0. The number of unbranched alkanes of at least 4 members (excludes halogenated alkanes) is 2. The van der Waals surface area contributed by atoms with Crippen LogP contribution >= 0.6 is 63.7 Å². The van der Waals surface area contributed by atoms with Crippen LogP contribution in [0.2, 0.25) is 0 Å². The minimum Gasteiger partial charge on any atom is -0.493 e. The van der Waals surface area contributed by atoms with Crippen LogP contribution in [-0.4, -0.2) is 78.2 Å². The minimum atomic E-state index is 0.552. The first-order valence-corrected chi connectivity index (χ1v) is 26.8. The summed E-state index contributed by atoms with van der Waals surface area (Å²) < 4.78 is 43.8. The molecular weight excluding hydrogens is 1070 g/mol. The first-order chi connectivity index (χ1) is 31.2. The molecule has 12 heteroatoms. The molecule has 0 spiro atoms. The number of rotatable bonds is 30. The molecule has 64 heavy (non-hydrogen) atoms. The molecule has 0 aliphatic heterocycles. The number of alkyl halides is 4. The number of hydrogen-bond acceptors (Lipinski definition) is 8. The van der Waals surface area contributed by atoms with Crippen molar-refractivity contribution in [3.05, 3.63) is 95.1 Å². The van der Waals surface area contributed by atoms with Gasteiger partial charge < -0.3 is 37.9 Å². The monoisotopic (exact) mass is 1140 g/mol. The van der Waals surface area contributed by atoms with Gasteiger partial charge in [0, 0.05) is 21.3 Å². The summed E-state index contributed by atoms with van der Waals surface area (Å²) >= 11 is 14.6. The van der Waals surface area contributed by atoms with Gasteiger partial charge in [-0.1, -0.05) is 101 Å². The molecule has 4 aromatic carbocycles. The van der Waals surface area contributed by atoms with Crippen LogP contribution < -0.4 is 37.9 Å². The average molecular weight is 1140 g/mol. The molecule has 0 saturated heterocycles. The van der Waals surface area contributed by atoms with Gasteiger partial charge in [0.15, 0.2) is 46.0 Å². The molecule has 8 nitrogen and oxygen atoms in total. The Hall–Kier alpha value is -2.80. The van der Waals surface area contributed by atoms with Crippen molar-refractivity contribution in [1.82, 2.24) is 0 Å². The highest BCUT2D eigenvalue weighted by atomic mass is 79.9. The highest BCUT2D eigenvalue weighted by Crippen LogP contribution is 2.37. The van der Waals surface area contributed by atoms with Crippen molar-refractivity contribution >= 4 is 63.7 Å². The lowest BCUT2D eigenvalue weighted by molar-refractivity contribution is 0.293. The molecule has 356 valence electrons. The minimum absolute atomic E-state index is 0.552. The number of benzene rings is 4. The molecule has 0 radical (unpaired) electrons. The average Bonchev–Trinajstić information content (AvgIpc) is 3.33. The molecule has 4 aromatic rings. The molecule has 0 aliphatic rings. The highest BCUT2D eigenvalue weighted by Gasteiger charge is 2.25. The topological polar surface area (TPSA) is 73.8 Å². The molecule has 0 amide bonds. The van der Waals surface area contributed by atoms with E-state index in [2.05, 4.69) is 112 Å². The second-order valence-electron chi connectivity index (χ2n) is 15.9. The standard InChI is InChI=1S/2C26H36Br2O4/c2*1-29-23-10-8-19(17-25(23)31-3)15-21(7-5-6-13-27)22(12-14-28)16-20-9-11-24(30-2)26(18-20)32-4/h2*8-11,17-18,21-22H,5-7,12-16H2,1-4H3/t2*21-,22-/m10/s1. The largest absolute Gasteiger partial charge is 0.493 e. The van der Waals surface area contributed by atoms with Crippen molar-refractivity contribution in [3.8, 4) is 46.0 Å². The zero-order chi connectivity index (χ0) is 46.7. The van der Waals surface area contributed by atoms with Gasteiger partial charge in [0.25, 0.3) is 0 Å². The third-order valence-electron chi connectivity index (χ3n) is 12.0. The normalized spacial score (nSPS) is 12.8. The van der Waals surface area contributed by atoms with Crippen molar-refractivity contribution in [3.63, 3.8) is 0 Å². The summed E-state index contributed by atoms with van der Waals surface area (Å²) in [5.41, 5.74) is 5.15. The molecule has 4 rings (SSSR count). The molecule has 0 fully saturated rings. The Morgan fingerprint density at radius 3 is 0.734 bits per heavy atom. The van der Waals surface area contributed by atoms with Crippen molar-refractivity contribution in [2.75, 3.05) is 78.2 Å². The van der Waals surface area contributed by atoms with Crippen LogP contribution in [-0.2, 0) is 25.7 Å². The zero-order valence-electron chi connectivity index (χ0n) is 39.3. The van der Waals surface area contributed by atoms with Crippen LogP contribution in [0, 0.1) is 23.7 Å². The summed E-state index contributed by atoms with van der Waals surface area (Å²) in [6.45, 7) is 0. The summed E-state index contributed by atoms with van der Waals surface area (Å²) in [6.07, 6.45) is 13.5. The fourth-order valence-electron chi connectivity index (χ4n) is 8.54. The Morgan fingerprint density at radius 2 is 0.531 bits per heavy atom. The van der Waals surface area contributed by atoms with Gasteiger partial charge in [0.05, 0.1) is 56.9 Å². The van der Waals surface area contributed by atoms with Gasteiger partial charge in [-0.3, -0.25) is 0 Å². The summed E-state index contributed by atoms with van der Waals surface area (Å²) in [5.74, 6) is 8.49. The second kappa shape index (κ2) is 32.0. The number of halogens is 4. The molecule has 0 aliphatic carbocycles. The van der Waals surface area contributed by atoms with Gasteiger partial charge in [0.1, 0.15) is 0 Å². The van der Waals surface area contributed by atoms with Gasteiger partial charge in [-0.05, 0) is 159 Å². The van der Waals surface area contributed by atoms with E-state index in [1.807, 2.05) is 24.3 Å². The van der Waals surface area contributed by atoms with Crippen molar-refractivity contribution < 1.29 is 37.9 Å². The summed E-state index contributed by atoms with van der Waals surface area (Å²) in [4.78, 5) is 0. The fraction of sp³-hybridized carbons (Fsp3) is 0.538. The molecule has 0 N–H and O–H groups in total. The van der Waals surface area contributed by atoms with Crippen LogP contribution in [0.1, 0.15) is 73.6 Å². The molecule has 0 bridgehead atoms. The van der Waals surface area contributed by atoms with E-state index in [-0.39, 0.29) is 0 Å². The van der Waals surface area contributed by atoms with Crippen molar-refractivity contribution in [1.29, 1.82) is 0 Å². The Balaban J connectivity index is 0.000000340. The lowest BCUT2D eigenvalue weighted by Gasteiger charge is -2.28. The molecule has 0 unspecified atom stereocenters. The van der Waals surface area contributed by atoms with E-state index in [1.165, 1.54) is 60.8 Å². The Kier molecular flexibility index (Phi) is 27.8. The van der Waals surface area contributed by atoms with E-state index in [4.69, 9.17) is 37.9 Å². The summed E-state index contributed by atoms with van der Waals surface area (Å²) in [7, 11) is 13.5. The maximum Gasteiger partial charge on any atom is 0.160 e. The summed E-state index contributed by atoms with van der Waals surface area (Å²) in [6, 6.07) is 25.2. The van der Waals surface area contributed by atoms with Crippen LogP contribution in [0.5, 0.6) is 46.0 Å².